The Balaban J connectivity index is 1.90. The predicted molar refractivity (Wildman–Crippen MR) is 85.0 cm³/mol. The van der Waals surface area contributed by atoms with Gasteiger partial charge in [-0.2, -0.15) is 0 Å². The van der Waals surface area contributed by atoms with Gasteiger partial charge in [-0.1, -0.05) is 6.07 Å². The number of hydrogen-bond donors (Lipinski definition) is 2. The van der Waals surface area contributed by atoms with Gasteiger partial charge in [0.2, 0.25) is 0 Å². The van der Waals surface area contributed by atoms with Crippen molar-refractivity contribution in [3.05, 3.63) is 53.6 Å². The summed E-state index contributed by atoms with van der Waals surface area (Å²) in [5, 5.41) is 0.818. The van der Waals surface area contributed by atoms with Crippen molar-refractivity contribution in [2.75, 3.05) is 0 Å². The van der Waals surface area contributed by atoms with Crippen LogP contribution in [-0.4, -0.2) is 22.3 Å². The van der Waals surface area contributed by atoms with Crippen molar-refractivity contribution in [1.29, 1.82) is 0 Å². The first-order chi connectivity index (χ1) is 11.1. The van der Waals surface area contributed by atoms with Crippen molar-refractivity contribution in [1.82, 2.24) is 9.97 Å². The average Bonchev–Trinajstić information content (AvgIpc) is 2.92. The zero-order chi connectivity index (χ0) is 16.4. The van der Waals surface area contributed by atoms with Gasteiger partial charge < -0.3 is 20.2 Å². The van der Waals surface area contributed by atoms with E-state index in [1.165, 1.54) is 12.1 Å². The molecule has 2 heterocycles. The Bertz CT molecular complexity index is 860. The van der Waals surface area contributed by atoms with Crippen molar-refractivity contribution in [2.45, 2.75) is 19.4 Å². The summed E-state index contributed by atoms with van der Waals surface area (Å²) in [7, 11) is 0. The third kappa shape index (κ3) is 3.07. The van der Waals surface area contributed by atoms with Crippen LogP contribution in [0.2, 0.25) is 0 Å². The second-order valence-corrected chi connectivity index (χ2v) is 5.38. The van der Waals surface area contributed by atoms with Gasteiger partial charge in [-0.25, -0.2) is 9.37 Å². The number of benzene rings is 1. The second kappa shape index (κ2) is 6.18. The van der Waals surface area contributed by atoms with Crippen molar-refractivity contribution in [3.8, 4) is 11.5 Å². The zero-order valence-corrected chi connectivity index (χ0v) is 12.5. The van der Waals surface area contributed by atoms with E-state index in [1.807, 2.05) is 13.1 Å². The normalized spacial score (nSPS) is 12.3. The lowest BCUT2D eigenvalue weighted by atomic mass is 10.1. The summed E-state index contributed by atoms with van der Waals surface area (Å²) in [6.07, 6.45) is 4.36. The minimum atomic E-state index is -0.636. The molecule has 118 valence electrons. The van der Waals surface area contributed by atoms with E-state index in [0.717, 1.165) is 10.9 Å². The summed E-state index contributed by atoms with van der Waals surface area (Å²) in [5.41, 5.74) is 7.86. The Morgan fingerprint density at radius 1 is 1.39 bits per heavy atom. The number of nitrogens with zero attached hydrogens (tertiary/aromatic N) is 1. The van der Waals surface area contributed by atoms with Crippen LogP contribution in [0.3, 0.4) is 0 Å². The number of aldehydes is 1. The highest BCUT2D eigenvalue weighted by atomic mass is 19.1. The summed E-state index contributed by atoms with van der Waals surface area (Å²) < 4.78 is 20.0. The molecule has 0 saturated carbocycles. The molecule has 0 amide bonds. The van der Waals surface area contributed by atoms with Crippen LogP contribution in [-0.2, 0) is 11.2 Å². The Labute approximate surface area is 132 Å². The van der Waals surface area contributed by atoms with Gasteiger partial charge in [0, 0.05) is 12.4 Å². The third-order valence-electron chi connectivity index (χ3n) is 3.59. The van der Waals surface area contributed by atoms with Gasteiger partial charge in [0.1, 0.15) is 17.7 Å². The first-order valence-electron chi connectivity index (χ1n) is 7.18. The molecule has 0 aliphatic rings. The molecular weight excluding hydrogens is 297 g/mol. The molecule has 23 heavy (non-hydrogen) atoms. The van der Waals surface area contributed by atoms with Crippen LogP contribution in [0.4, 0.5) is 4.39 Å². The van der Waals surface area contributed by atoms with Gasteiger partial charge in [0.15, 0.2) is 11.6 Å². The van der Waals surface area contributed by atoms with E-state index in [2.05, 4.69) is 9.97 Å². The fraction of sp³-hybridized carbons (Fsp3) is 0.176. The highest BCUT2D eigenvalue weighted by molar-refractivity contribution is 5.86. The molecule has 1 unspecified atom stereocenters. The SMILES string of the molecule is Cc1c[nH]c2nccc(Oc3ccc(CC(N)C=O)cc3F)c12. The van der Waals surface area contributed by atoms with E-state index in [0.29, 0.717) is 23.2 Å². The fourth-order valence-electron chi connectivity index (χ4n) is 2.46. The average molecular weight is 313 g/mol. The smallest absolute Gasteiger partial charge is 0.165 e. The van der Waals surface area contributed by atoms with Gasteiger partial charge in [-0.05, 0) is 42.7 Å². The molecule has 3 rings (SSSR count). The second-order valence-electron chi connectivity index (χ2n) is 5.38. The standard InChI is InChI=1S/C17H16FN3O2/c1-10-8-21-17-16(10)15(4-5-20-17)23-14-3-2-11(7-13(14)18)6-12(19)9-22/h2-5,7-9,12H,6,19H2,1H3,(H,20,21). The van der Waals surface area contributed by atoms with Crippen LogP contribution < -0.4 is 10.5 Å². The molecule has 1 atom stereocenters. The minimum absolute atomic E-state index is 0.113. The maximum atomic E-state index is 14.2. The Morgan fingerprint density at radius 2 is 2.22 bits per heavy atom. The summed E-state index contributed by atoms with van der Waals surface area (Å²) in [5.74, 6) is 0.144. The van der Waals surface area contributed by atoms with Crippen molar-refractivity contribution in [3.63, 3.8) is 0 Å². The van der Waals surface area contributed by atoms with Gasteiger partial charge in [0.25, 0.3) is 0 Å². The zero-order valence-electron chi connectivity index (χ0n) is 12.5. The highest BCUT2D eigenvalue weighted by Crippen LogP contribution is 2.32. The summed E-state index contributed by atoms with van der Waals surface area (Å²) in [6.45, 7) is 1.92. The Hall–Kier alpha value is -2.73. The molecule has 3 aromatic rings. The number of pyridine rings is 1. The van der Waals surface area contributed by atoms with Crippen LogP contribution in [0.25, 0.3) is 11.0 Å². The molecular formula is C17H16FN3O2. The van der Waals surface area contributed by atoms with E-state index in [-0.39, 0.29) is 12.2 Å². The lowest BCUT2D eigenvalue weighted by Crippen LogP contribution is -2.24. The van der Waals surface area contributed by atoms with Gasteiger partial charge >= 0.3 is 0 Å². The Morgan fingerprint density at radius 3 is 2.96 bits per heavy atom. The topological polar surface area (TPSA) is 81.0 Å². The van der Waals surface area contributed by atoms with E-state index >= 15 is 0 Å². The molecule has 2 aromatic heterocycles. The number of rotatable bonds is 5. The summed E-state index contributed by atoms with van der Waals surface area (Å²) >= 11 is 0. The van der Waals surface area contributed by atoms with E-state index < -0.39 is 11.9 Å². The quantitative estimate of drug-likeness (QED) is 0.710. The summed E-state index contributed by atoms with van der Waals surface area (Å²) in [4.78, 5) is 17.8. The number of aromatic amines is 1. The van der Waals surface area contributed by atoms with Crippen LogP contribution in [0.1, 0.15) is 11.1 Å². The molecule has 3 N–H and O–H groups in total. The lowest BCUT2D eigenvalue weighted by Gasteiger charge is -2.10. The van der Waals surface area contributed by atoms with E-state index in [4.69, 9.17) is 10.5 Å². The molecule has 0 aliphatic carbocycles. The first kappa shape index (κ1) is 15.2. The maximum absolute atomic E-state index is 14.2. The molecule has 0 aliphatic heterocycles. The van der Waals surface area contributed by atoms with Gasteiger partial charge in [-0.3, -0.25) is 0 Å². The van der Waals surface area contributed by atoms with Crippen LogP contribution >= 0.6 is 0 Å². The Kier molecular flexibility index (Phi) is 4.08. The largest absolute Gasteiger partial charge is 0.453 e. The molecule has 0 fully saturated rings. The molecule has 6 heteroatoms. The van der Waals surface area contributed by atoms with Crippen molar-refractivity contribution in [2.24, 2.45) is 5.73 Å². The molecule has 5 nitrogen and oxygen atoms in total. The number of aryl methyl sites for hydroxylation is 1. The van der Waals surface area contributed by atoms with E-state index in [1.54, 1.807) is 18.3 Å². The number of carbonyl (C=O) groups is 1. The number of nitrogens with one attached hydrogen (secondary N) is 1. The number of aromatic nitrogens is 2. The maximum Gasteiger partial charge on any atom is 0.165 e. The molecule has 1 aromatic carbocycles. The van der Waals surface area contributed by atoms with Crippen molar-refractivity contribution < 1.29 is 13.9 Å². The molecule has 0 saturated heterocycles. The number of ether oxygens (including phenoxy) is 1. The lowest BCUT2D eigenvalue weighted by molar-refractivity contribution is -0.108. The molecule has 0 spiro atoms. The van der Waals surface area contributed by atoms with E-state index in [9.17, 15) is 9.18 Å². The number of nitrogens with two attached hydrogens (primary N) is 1. The fourth-order valence-corrected chi connectivity index (χ4v) is 2.46. The van der Waals surface area contributed by atoms with Crippen molar-refractivity contribution >= 4 is 17.3 Å². The number of H-pyrrole nitrogens is 1. The van der Waals surface area contributed by atoms with Gasteiger partial charge in [0.05, 0.1) is 11.4 Å². The number of halogens is 1. The summed E-state index contributed by atoms with van der Waals surface area (Å²) in [6, 6.07) is 5.63. The number of fused-ring (bicyclic) bond motifs is 1. The third-order valence-corrected chi connectivity index (χ3v) is 3.59. The first-order valence-corrected chi connectivity index (χ1v) is 7.18. The monoisotopic (exact) mass is 313 g/mol. The number of hydrogen-bond acceptors (Lipinski definition) is 4. The van der Waals surface area contributed by atoms with Crippen LogP contribution in [0.15, 0.2) is 36.7 Å². The minimum Gasteiger partial charge on any atom is -0.453 e. The number of carbonyl (C=O) groups excluding carboxylic acids is 1. The molecule has 0 bridgehead atoms. The predicted octanol–water partition coefficient (Wildman–Crippen LogP) is 2.87. The highest BCUT2D eigenvalue weighted by Gasteiger charge is 2.12. The van der Waals surface area contributed by atoms with Gasteiger partial charge in [-0.15, -0.1) is 0 Å². The van der Waals surface area contributed by atoms with Crippen LogP contribution in [0, 0.1) is 12.7 Å². The van der Waals surface area contributed by atoms with Crippen LogP contribution in [0.5, 0.6) is 11.5 Å². The molecule has 0 radical (unpaired) electrons.